The van der Waals surface area contributed by atoms with Gasteiger partial charge in [0.2, 0.25) is 5.69 Å². The van der Waals surface area contributed by atoms with Gasteiger partial charge in [0, 0.05) is 17.7 Å². The Balaban J connectivity index is 2.40. The molecule has 0 aliphatic rings. The van der Waals surface area contributed by atoms with Gasteiger partial charge in [-0.25, -0.2) is 0 Å². The van der Waals surface area contributed by atoms with Crippen LogP contribution < -0.4 is 0 Å². The number of hydrogen-bond donors (Lipinski definition) is 0. The van der Waals surface area contributed by atoms with Crippen molar-refractivity contribution in [2.24, 2.45) is 0 Å². The first kappa shape index (κ1) is 12.9. The smallest absolute Gasteiger partial charge is 0.216 e. The lowest BCUT2D eigenvalue weighted by Gasteiger charge is -2.03. The van der Waals surface area contributed by atoms with Crippen molar-refractivity contribution in [2.75, 3.05) is 0 Å². The maximum absolute atomic E-state index is 12.1. The zero-order valence-corrected chi connectivity index (χ0v) is 10.8. The van der Waals surface area contributed by atoms with Gasteiger partial charge >= 0.3 is 0 Å². The second-order valence-corrected chi connectivity index (χ2v) is 4.02. The SMILES string of the molecule is CC=C=Cc1ccccc1/C=[N+](\[O-])c1ccccc1. The highest BCUT2D eigenvalue weighted by Gasteiger charge is 2.02. The predicted octanol–water partition coefficient (Wildman–Crippen LogP) is 4.14. The van der Waals surface area contributed by atoms with Crippen LogP contribution in [0.5, 0.6) is 0 Å². The number of benzene rings is 2. The Kier molecular flexibility index (Phi) is 4.33. The van der Waals surface area contributed by atoms with Crippen molar-refractivity contribution in [2.45, 2.75) is 6.92 Å². The number of rotatable bonds is 3. The highest BCUT2D eigenvalue weighted by Crippen LogP contribution is 2.12. The number of allylic oxidation sites excluding steroid dienone is 1. The standard InChI is InChI=1S/C17H15NO/c1-2-3-9-15-10-7-8-11-16(15)14-18(19)17-12-5-4-6-13-17/h2,4-14H,1H3/b18-14-. The van der Waals surface area contributed by atoms with E-state index in [1.807, 2.05) is 61.5 Å². The lowest BCUT2D eigenvalue weighted by atomic mass is 10.1. The van der Waals surface area contributed by atoms with Crippen molar-refractivity contribution in [3.63, 3.8) is 0 Å². The van der Waals surface area contributed by atoms with E-state index in [2.05, 4.69) is 5.73 Å². The summed E-state index contributed by atoms with van der Waals surface area (Å²) in [5, 5.41) is 12.1. The zero-order valence-electron chi connectivity index (χ0n) is 10.8. The van der Waals surface area contributed by atoms with Gasteiger partial charge in [0.25, 0.3) is 0 Å². The summed E-state index contributed by atoms with van der Waals surface area (Å²) >= 11 is 0. The molecule has 0 fully saturated rings. The minimum absolute atomic E-state index is 0.618. The Bertz CT molecular complexity index is 635. The summed E-state index contributed by atoms with van der Waals surface area (Å²) in [7, 11) is 0. The van der Waals surface area contributed by atoms with Gasteiger partial charge in [0.15, 0.2) is 6.21 Å². The largest absolute Gasteiger partial charge is 0.618 e. The molecule has 0 aromatic heterocycles. The maximum atomic E-state index is 12.1. The van der Waals surface area contributed by atoms with E-state index in [4.69, 9.17) is 0 Å². The maximum Gasteiger partial charge on any atom is 0.216 e. The molecule has 0 saturated heterocycles. The molecule has 0 saturated carbocycles. The van der Waals surface area contributed by atoms with Crippen LogP contribution in [-0.2, 0) is 0 Å². The lowest BCUT2D eigenvalue weighted by Crippen LogP contribution is -2.00. The van der Waals surface area contributed by atoms with Crippen molar-refractivity contribution < 1.29 is 4.74 Å². The van der Waals surface area contributed by atoms with Gasteiger partial charge in [-0.1, -0.05) is 36.4 Å². The first-order valence-corrected chi connectivity index (χ1v) is 6.13. The molecular weight excluding hydrogens is 234 g/mol. The number of para-hydroxylation sites is 1. The third-order valence-electron chi connectivity index (χ3n) is 2.67. The third kappa shape index (κ3) is 3.44. The molecule has 2 aromatic rings. The van der Waals surface area contributed by atoms with E-state index in [-0.39, 0.29) is 0 Å². The quantitative estimate of drug-likeness (QED) is 0.264. The summed E-state index contributed by atoms with van der Waals surface area (Å²) in [6.07, 6.45) is 5.28. The van der Waals surface area contributed by atoms with E-state index >= 15 is 0 Å². The highest BCUT2D eigenvalue weighted by atomic mass is 16.5. The number of nitrogens with zero attached hydrogens (tertiary/aromatic N) is 1. The monoisotopic (exact) mass is 249 g/mol. The van der Waals surface area contributed by atoms with Crippen molar-refractivity contribution in [3.05, 3.63) is 82.7 Å². The van der Waals surface area contributed by atoms with Crippen LogP contribution in [0, 0.1) is 5.21 Å². The van der Waals surface area contributed by atoms with Crippen molar-refractivity contribution >= 4 is 18.0 Å². The summed E-state index contributed by atoms with van der Waals surface area (Å²) in [6.45, 7) is 1.91. The normalized spacial score (nSPS) is 10.7. The first-order chi connectivity index (χ1) is 9.31. The molecule has 2 heteroatoms. The Morgan fingerprint density at radius 2 is 1.58 bits per heavy atom. The summed E-state index contributed by atoms with van der Waals surface area (Å²) in [5.74, 6) is 0. The summed E-state index contributed by atoms with van der Waals surface area (Å²) in [5.41, 5.74) is 5.49. The molecule has 0 amide bonds. The van der Waals surface area contributed by atoms with Gasteiger partial charge in [-0.15, -0.1) is 5.73 Å². The molecule has 2 aromatic carbocycles. The van der Waals surface area contributed by atoms with Crippen LogP contribution in [0.4, 0.5) is 5.69 Å². The molecule has 2 nitrogen and oxygen atoms in total. The van der Waals surface area contributed by atoms with Gasteiger partial charge < -0.3 is 5.21 Å². The van der Waals surface area contributed by atoms with Gasteiger partial charge in [-0.05, 0) is 30.7 Å². The minimum Gasteiger partial charge on any atom is -0.618 e. The Morgan fingerprint density at radius 3 is 2.26 bits per heavy atom. The zero-order chi connectivity index (χ0) is 13.5. The molecule has 2 rings (SSSR count). The fraction of sp³-hybridized carbons (Fsp3) is 0.0588. The van der Waals surface area contributed by atoms with E-state index in [9.17, 15) is 5.21 Å². The van der Waals surface area contributed by atoms with E-state index in [1.54, 1.807) is 18.3 Å². The topological polar surface area (TPSA) is 26.1 Å². The molecule has 94 valence electrons. The second-order valence-electron chi connectivity index (χ2n) is 4.02. The van der Waals surface area contributed by atoms with Crippen LogP contribution in [0.3, 0.4) is 0 Å². The summed E-state index contributed by atoms with van der Waals surface area (Å²) in [4.78, 5) is 0. The molecule has 19 heavy (non-hydrogen) atoms. The van der Waals surface area contributed by atoms with Gasteiger partial charge in [0.05, 0.1) is 0 Å². The summed E-state index contributed by atoms with van der Waals surface area (Å²) < 4.78 is 0.877. The fourth-order valence-corrected chi connectivity index (χ4v) is 1.71. The minimum atomic E-state index is 0.618. The van der Waals surface area contributed by atoms with Crippen LogP contribution in [-0.4, -0.2) is 11.0 Å². The molecule has 0 spiro atoms. The predicted molar refractivity (Wildman–Crippen MR) is 79.6 cm³/mol. The number of hydrogen-bond acceptors (Lipinski definition) is 1. The van der Waals surface area contributed by atoms with Crippen LogP contribution in [0.2, 0.25) is 0 Å². The average molecular weight is 249 g/mol. The molecule has 0 N–H and O–H groups in total. The molecule has 0 radical (unpaired) electrons. The molecule has 0 atom stereocenters. The van der Waals surface area contributed by atoms with E-state index in [0.29, 0.717) is 5.69 Å². The van der Waals surface area contributed by atoms with Gasteiger partial charge in [-0.2, -0.15) is 4.74 Å². The van der Waals surface area contributed by atoms with E-state index < -0.39 is 0 Å². The van der Waals surface area contributed by atoms with Crippen molar-refractivity contribution in [1.82, 2.24) is 0 Å². The van der Waals surface area contributed by atoms with Crippen LogP contribution >= 0.6 is 0 Å². The Hall–Kier alpha value is -2.57. The Labute approximate surface area is 113 Å². The van der Waals surface area contributed by atoms with Crippen LogP contribution in [0.15, 0.2) is 66.4 Å². The van der Waals surface area contributed by atoms with E-state index in [0.717, 1.165) is 15.9 Å². The van der Waals surface area contributed by atoms with E-state index in [1.165, 1.54) is 0 Å². The van der Waals surface area contributed by atoms with Crippen molar-refractivity contribution in [3.8, 4) is 0 Å². The molecule has 0 heterocycles. The van der Waals surface area contributed by atoms with Crippen LogP contribution in [0.1, 0.15) is 18.1 Å². The molecule has 0 bridgehead atoms. The molecular formula is C17H15NO. The molecule has 0 aliphatic heterocycles. The van der Waals surface area contributed by atoms with Gasteiger partial charge in [-0.3, -0.25) is 0 Å². The van der Waals surface area contributed by atoms with Gasteiger partial charge in [0.1, 0.15) is 0 Å². The average Bonchev–Trinajstić information content (AvgIpc) is 2.47. The Morgan fingerprint density at radius 1 is 0.947 bits per heavy atom. The highest BCUT2D eigenvalue weighted by molar-refractivity contribution is 5.83. The fourth-order valence-electron chi connectivity index (χ4n) is 1.71. The second kappa shape index (κ2) is 6.39. The molecule has 0 unspecified atom stereocenters. The van der Waals surface area contributed by atoms with Crippen LogP contribution in [0.25, 0.3) is 6.08 Å². The third-order valence-corrected chi connectivity index (χ3v) is 2.67. The first-order valence-electron chi connectivity index (χ1n) is 6.13. The summed E-state index contributed by atoms with van der Waals surface area (Å²) in [6, 6.07) is 16.9. The van der Waals surface area contributed by atoms with Crippen molar-refractivity contribution in [1.29, 1.82) is 0 Å². The lowest BCUT2D eigenvalue weighted by molar-refractivity contribution is -0.354. The molecule has 0 aliphatic carbocycles.